The van der Waals surface area contributed by atoms with Crippen LogP contribution >= 0.6 is 50.5 Å². The van der Waals surface area contributed by atoms with E-state index in [1.165, 1.54) is 23.5 Å². The van der Waals surface area contributed by atoms with Crippen molar-refractivity contribution in [2.75, 3.05) is 5.32 Å². The van der Waals surface area contributed by atoms with Crippen molar-refractivity contribution in [1.29, 1.82) is 0 Å². The number of hydrogen-bond donors (Lipinski definition) is 1. The fourth-order valence-electron chi connectivity index (χ4n) is 1.24. The van der Waals surface area contributed by atoms with Gasteiger partial charge in [-0.3, -0.25) is 0 Å². The minimum absolute atomic E-state index is 0.319. The first-order valence-corrected chi connectivity index (χ1v) is 6.91. The molecule has 0 atom stereocenters. The molecule has 0 amide bonds. The molecule has 0 aliphatic rings. The smallest absolute Gasteiger partial charge is 0.125 e. The van der Waals surface area contributed by atoms with Crippen molar-refractivity contribution in [1.82, 2.24) is 4.98 Å². The Labute approximate surface area is 120 Å². The van der Waals surface area contributed by atoms with Crippen molar-refractivity contribution in [2.24, 2.45) is 0 Å². The Hall–Kier alpha value is -0.360. The monoisotopic (exact) mass is 354 g/mol. The van der Waals surface area contributed by atoms with E-state index in [9.17, 15) is 4.39 Å². The summed E-state index contributed by atoms with van der Waals surface area (Å²) in [7, 11) is 0. The average Bonchev–Trinajstić information content (AvgIpc) is 2.62. The predicted octanol–water partition coefficient (Wildman–Crippen LogP) is 4.96. The first-order valence-electron chi connectivity index (χ1n) is 4.55. The maximum atomic E-state index is 13.0. The van der Waals surface area contributed by atoms with E-state index in [0.717, 1.165) is 5.01 Å². The van der Waals surface area contributed by atoms with Crippen molar-refractivity contribution >= 4 is 56.2 Å². The molecule has 0 aliphatic heterocycles. The van der Waals surface area contributed by atoms with Crippen molar-refractivity contribution in [3.05, 3.63) is 43.0 Å². The molecule has 0 radical (unpaired) electrons. The second-order valence-electron chi connectivity index (χ2n) is 3.16. The molecule has 2 rings (SSSR count). The zero-order valence-corrected chi connectivity index (χ0v) is 12.2. The summed E-state index contributed by atoms with van der Waals surface area (Å²) in [5, 5.41) is 4.24. The molecular formula is C10H6BrCl2FN2S. The van der Waals surface area contributed by atoms with Crippen LogP contribution in [-0.4, -0.2) is 4.98 Å². The Morgan fingerprint density at radius 3 is 2.76 bits per heavy atom. The van der Waals surface area contributed by atoms with Crippen LogP contribution in [0.5, 0.6) is 0 Å². The van der Waals surface area contributed by atoms with Crippen LogP contribution in [0.3, 0.4) is 0 Å². The third-order valence-electron chi connectivity index (χ3n) is 1.95. The lowest BCUT2D eigenvalue weighted by Gasteiger charge is -2.09. The van der Waals surface area contributed by atoms with Gasteiger partial charge in [-0.15, -0.1) is 11.3 Å². The molecule has 1 N–H and O–H groups in total. The van der Waals surface area contributed by atoms with Gasteiger partial charge in [-0.05, 0) is 28.1 Å². The zero-order valence-electron chi connectivity index (χ0n) is 8.31. The first kappa shape index (κ1) is 13.1. The maximum Gasteiger partial charge on any atom is 0.125 e. The fourth-order valence-corrected chi connectivity index (χ4v) is 3.10. The third-order valence-corrected chi connectivity index (χ3v) is 3.99. The molecule has 0 spiro atoms. The van der Waals surface area contributed by atoms with Crippen LogP contribution in [0.15, 0.2) is 22.8 Å². The minimum Gasteiger partial charge on any atom is -0.376 e. The van der Waals surface area contributed by atoms with Crippen LogP contribution in [0.25, 0.3) is 0 Å². The first-order chi connectivity index (χ1) is 8.06. The lowest BCUT2D eigenvalue weighted by molar-refractivity contribution is 0.627. The Morgan fingerprint density at radius 1 is 1.41 bits per heavy atom. The Morgan fingerprint density at radius 2 is 2.18 bits per heavy atom. The number of hydrogen-bond acceptors (Lipinski definition) is 3. The molecule has 7 heteroatoms. The van der Waals surface area contributed by atoms with Crippen molar-refractivity contribution < 1.29 is 4.39 Å². The quantitative estimate of drug-likeness (QED) is 0.841. The molecule has 2 aromatic rings. The van der Waals surface area contributed by atoms with Gasteiger partial charge in [-0.25, -0.2) is 9.37 Å². The molecule has 0 saturated carbocycles. The van der Waals surface area contributed by atoms with Crippen LogP contribution < -0.4 is 5.32 Å². The number of benzene rings is 1. The van der Waals surface area contributed by atoms with Gasteiger partial charge in [0.25, 0.3) is 0 Å². The number of nitrogens with one attached hydrogen (secondary N) is 1. The standard InChI is InChI=1S/C10H6BrCl2FN2S/c11-6-1-5(14)2-7(12)10(6)16-4-9-15-3-8(13)17-9/h1-3,16H,4H2. The number of anilines is 1. The molecule has 2 nitrogen and oxygen atoms in total. The SMILES string of the molecule is Fc1cc(Cl)c(NCc2ncc(Cl)s2)c(Br)c1. The number of thiazole rings is 1. The van der Waals surface area contributed by atoms with Gasteiger partial charge in [0.05, 0.1) is 23.5 Å². The van der Waals surface area contributed by atoms with Crippen LogP contribution in [0.4, 0.5) is 10.1 Å². The van der Waals surface area contributed by atoms with E-state index in [0.29, 0.717) is 26.1 Å². The van der Waals surface area contributed by atoms with E-state index in [-0.39, 0.29) is 5.82 Å². The summed E-state index contributed by atoms with van der Waals surface area (Å²) in [4.78, 5) is 4.10. The van der Waals surface area contributed by atoms with Crippen molar-refractivity contribution in [3.8, 4) is 0 Å². The number of rotatable bonds is 3. The van der Waals surface area contributed by atoms with E-state index in [1.807, 2.05) is 0 Å². The molecule has 1 heterocycles. The van der Waals surface area contributed by atoms with Gasteiger partial charge in [0.15, 0.2) is 0 Å². The molecule has 0 unspecified atom stereocenters. The summed E-state index contributed by atoms with van der Waals surface area (Å²) in [6, 6.07) is 2.60. The molecule has 1 aromatic carbocycles. The van der Waals surface area contributed by atoms with Gasteiger partial charge in [0, 0.05) is 4.47 Å². The van der Waals surface area contributed by atoms with Crippen LogP contribution in [0.2, 0.25) is 9.36 Å². The van der Waals surface area contributed by atoms with Crippen LogP contribution in [-0.2, 0) is 6.54 Å². The van der Waals surface area contributed by atoms with Gasteiger partial charge in [-0.2, -0.15) is 0 Å². The third kappa shape index (κ3) is 3.31. The Bertz CT molecular complexity index is 524. The zero-order chi connectivity index (χ0) is 12.4. The summed E-state index contributed by atoms with van der Waals surface area (Å²) in [5.41, 5.74) is 0.638. The molecule has 17 heavy (non-hydrogen) atoms. The minimum atomic E-state index is -0.385. The second kappa shape index (κ2) is 5.52. The van der Waals surface area contributed by atoms with Gasteiger partial charge in [0.2, 0.25) is 0 Å². The second-order valence-corrected chi connectivity index (χ2v) is 6.16. The number of nitrogens with zero attached hydrogens (tertiary/aromatic N) is 1. The van der Waals surface area contributed by atoms with Gasteiger partial charge >= 0.3 is 0 Å². The summed E-state index contributed by atoms with van der Waals surface area (Å²) >= 11 is 16.3. The summed E-state index contributed by atoms with van der Waals surface area (Å²) in [6.45, 7) is 0.487. The summed E-state index contributed by atoms with van der Waals surface area (Å²) < 4.78 is 14.2. The highest BCUT2D eigenvalue weighted by atomic mass is 79.9. The van der Waals surface area contributed by atoms with Gasteiger partial charge in [-0.1, -0.05) is 23.2 Å². The normalized spacial score (nSPS) is 10.6. The van der Waals surface area contributed by atoms with E-state index in [2.05, 4.69) is 26.2 Å². The number of aromatic nitrogens is 1. The Balaban J connectivity index is 2.14. The Kier molecular flexibility index (Phi) is 4.25. The van der Waals surface area contributed by atoms with Crippen molar-refractivity contribution in [2.45, 2.75) is 6.54 Å². The van der Waals surface area contributed by atoms with Gasteiger partial charge < -0.3 is 5.32 Å². The molecular weight excluding hydrogens is 350 g/mol. The average molecular weight is 356 g/mol. The summed E-state index contributed by atoms with van der Waals surface area (Å²) in [5.74, 6) is -0.385. The van der Waals surface area contributed by atoms with E-state index in [1.54, 1.807) is 6.20 Å². The fraction of sp³-hybridized carbons (Fsp3) is 0.100. The highest BCUT2D eigenvalue weighted by Crippen LogP contribution is 2.32. The summed E-state index contributed by atoms with van der Waals surface area (Å²) in [6.07, 6.45) is 1.59. The van der Waals surface area contributed by atoms with E-state index < -0.39 is 0 Å². The van der Waals surface area contributed by atoms with E-state index in [4.69, 9.17) is 23.2 Å². The number of halogens is 4. The molecule has 90 valence electrons. The van der Waals surface area contributed by atoms with Gasteiger partial charge in [0.1, 0.15) is 15.2 Å². The highest BCUT2D eigenvalue weighted by molar-refractivity contribution is 9.10. The lowest BCUT2D eigenvalue weighted by atomic mass is 10.3. The highest BCUT2D eigenvalue weighted by Gasteiger charge is 2.08. The largest absolute Gasteiger partial charge is 0.376 e. The topological polar surface area (TPSA) is 24.9 Å². The molecule has 0 aliphatic carbocycles. The lowest BCUT2D eigenvalue weighted by Crippen LogP contribution is -2.00. The molecule has 0 saturated heterocycles. The molecule has 1 aromatic heterocycles. The van der Waals surface area contributed by atoms with Crippen molar-refractivity contribution in [3.63, 3.8) is 0 Å². The molecule has 0 fully saturated rings. The van der Waals surface area contributed by atoms with Crippen LogP contribution in [0.1, 0.15) is 5.01 Å². The molecule has 0 bridgehead atoms. The maximum absolute atomic E-state index is 13.0. The van der Waals surface area contributed by atoms with E-state index >= 15 is 0 Å². The predicted molar refractivity (Wildman–Crippen MR) is 73.6 cm³/mol. The van der Waals surface area contributed by atoms with Crippen LogP contribution in [0, 0.1) is 5.82 Å².